The Morgan fingerprint density at radius 2 is 1.92 bits per heavy atom. The maximum atomic E-state index is 14.1. The number of hydrogen-bond donors (Lipinski definition) is 3. The Labute approximate surface area is 217 Å². The van der Waals surface area contributed by atoms with Crippen molar-refractivity contribution in [2.24, 2.45) is 5.41 Å². The van der Waals surface area contributed by atoms with Crippen molar-refractivity contribution >= 4 is 29.5 Å². The third-order valence-electron chi connectivity index (χ3n) is 8.19. The minimum atomic E-state index is -0.632. The average molecular weight is 513 g/mol. The molecule has 3 aliphatic heterocycles. The highest BCUT2D eigenvalue weighted by molar-refractivity contribution is 7.99. The number of allylic oxidation sites excluding steroid dienone is 2. The Hall–Kier alpha value is -2.52. The van der Waals surface area contributed by atoms with E-state index in [2.05, 4.69) is 28.1 Å². The zero-order chi connectivity index (χ0) is 25.3. The van der Waals surface area contributed by atoms with E-state index in [4.69, 9.17) is 4.74 Å². The van der Waals surface area contributed by atoms with Crippen LogP contribution in [-0.4, -0.2) is 71.9 Å². The van der Waals surface area contributed by atoms with Gasteiger partial charge in [-0.2, -0.15) is 11.8 Å². The molecule has 2 fully saturated rings. The summed E-state index contributed by atoms with van der Waals surface area (Å²) in [5.41, 5.74) is 0.679. The van der Waals surface area contributed by atoms with Gasteiger partial charge in [0.1, 0.15) is 17.8 Å². The predicted octanol–water partition coefficient (Wildman–Crippen LogP) is 2.16. The maximum absolute atomic E-state index is 14.1. The molecule has 5 atom stereocenters. The number of nitrogens with zero attached hydrogens (tertiary/aromatic N) is 1. The van der Waals surface area contributed by atoms with Gasteiger partial charge in [-0.25, -0.2) is 0 Å². The Morgan fingerprint density at radius 3 is 2.69 bits per heavy atom. The molecule has 3 N–H and O–H groups in total. The number of ether oxygens (including phenoxy) is 1. The Balaban J connectivity index is 1.43. The molecule has 2 saturated heterocycles. The quantitative estimate of drug-likeness (QED) is 0.523. The van der Waals surface area contributed by atoms with E-state index in [0.717, 1.165) is 42.1 Å². The van der Waals surface area contributed by atoms with Gasteiger partial charge in [-0.15, -0.1) is 0 Å². The Morgan fingerprint density at radius 1 is 1.14 bits per heavy atom. The summed E-state index contributed by atoms with van der Waals surface area (Å²) < 4.78 is 5.79. The van der Waals surface area contributed by atoms with Gasteiger partial charge in [0.05, 0.1) is 18.7 Å². The topological polar surface area (TPSA) is 99.8 Å². The number of benzene rings is 1. The minimum Gasteiger partial charge on any atom is -0.493 e. The number of carbonyl (C=O) groups is 3. The number of fused-ring (bicyclic) bond motifs is 2. The van der Waals surface area contributed by atoms with Crippen molar-refractivity contribution in [3.05, 3.63) is 42.0 Å². The van der Waals surface area contributed by atoms with Crippen LogP contribution < -0.4 is 20.7 Å². The standard InChI is InChI=1S/C27H36N4O4S/c1-17(28-2)24(32)30-21-10-14-36-16-18-15-27(11-5-6-12-27)23(31(18)26(21)34)25(33)29-20-9-13-35-22-8-4-3-7-19(20)22/h3-8,17-18,20-21,23,28H,9-16H2,1-2H3,(H,29,33)(H,30,32)/t17-,18?,20+,21-,23+/m0/s1. The zero-order valence-corrected chi connectivity index (χ0v) is 21.8. The Kier molecular flexibility index (Phi) is 7.30. The van der Waals surface area contributed by atoms with E-state index in [1.807, 2.05) is 29.2 Å². The molecule has 4 aliphatic rings. The first kappa shape index (κ1) is 25.1. The second-order valence-corrected chi connectivity index (χ2v) is 11.6. The highest BCUT2D eigenvalue weighted by atomic mass is 32.2. The number of likely N-dealkylation sites (N-methyl/N-ethyl adjacent to an activating group) is 1. The van der Waals surface area contributed by atoms with E-state index in [1.165, 1.54) is 0 Å². The maximum Gasteiger partial charge on any atom is 0.246 e. The van der Waals surface area contributed by atoms with Crippen LogP contribution in [0, 0.1) is 5.41 Å². The fourth-order valence-electron chi connectivity index (χ4n) is 6.17. The molecular formula is C27H36N4O4S. The molecule has 3 amide bonds. The molecular weight excluding hydrogens is 476 g/mol. The third kappa shape index (κ3) is 4.63. The third-order valence-corrected chi connectivity index (χ3v) is 9.33. The van der Waals surface area contributed by atoms with Crippen molar-refractivity contribution in [1.82, 2.24) is 20.9 Å². The molecule has 1 aliphatic carbocycles. The predicted molar refractivity (Wildman–Crippen MR) is 140 cm³/mol. The van der Waals surface area contributed by atoms with Crippen molar-refractivity contribution in [3.63, 3.8) is 0 Å². The van der Waals surface area contributed by atoms with Gasteiger partial charge in [-0.05, 0) is 51.5 Å². The van der Waals surface area contributed by atoms with Crippen LogP contribution in [0.3, 0.4) is 0 Å². The van der Waals surface area contributed by atoms with Crippen LogP contribution in [-0.2, 0) is 14.4 Å². The van der Waals surface area contributed by atoms with Crippen molar-refractivity contribution in [2.45, 2.75) is 69.2 Å². The number of rotatable bonds is 5. The minimum absolute atomic E-state index is 0.0263. The first-order valence-electron chi connectivity index (χ1n) is 13.0. The summed E-state index contributed by atoms with van der Waals surface area (Å²) in [5, 5.41) is 9.20. The molecule has 0 bridgehead atoms. The molecule has 0 saturated carbocycles. The van der Waals surface area contributed by atoms with Gasteiger partial charge in [0, 0.05) is 29.2 Å². The fraction of sp³-hybridized carbons (Fsp3) is 0.593. The Bertz CT molecular complexity index is 1040. The highest BCUT2D eigenvalue weighted by Crippen LogP contribution is 2.51. The molecule has 5 rings (SSSR count). The fourth-order valence-corrected chi connectivity index (χ4v) is 7.29. The number of nitrogens with one attached hydrogen (secondary N) is 3. The van der Waals surface area contributed by atoms with Crippen LogP contribution in [0.25, 0.3) is 0 Å². The van der Waals surface area contributed by atoms with Crippen molar-refractivity contribution in [1.29, 1.82) is 0 Å². The van der Waals surface area contributed by atoms with Crippen LogP contribution >= 0.6 is 11.8 Å². The van der Waals surface area contributed by atoms with E-state index >= 15 is 0 Å². The van der Waals surface area contributed by atoms with Crippen molar-refractivity contribution in [2.75, 3.05) is 25.2 Å². The van der Waals surface area contributed by atoms with E-state index in [9.17, 15) is 14.4 Å². The summed E-state index contributed by atoms with van der Waals surface area (Å²) in [6, 6.07) is 6.04. The van der Waals surface area contributed by atoms with Gasteiger partial charge in [0.25, 0.3) is 0 Å². The van der Waals surface area contributed by atoms with Crippen LogP contribution in [0.5, 0.6) is 5.75 Å². The molecule has 3 heterocycles. The summed E-state index contributed by atoms with van der Waals surface area (Å²) in [6.45, 7) is 2.32. The normalized spacial score (nSPS) is 29.5. The summed E-state index contributed by atoms with van der Waals surface area (Å²) in [4.78, 5) is 42.6. The number of hydrogen-bond acceptors (Lipinski definition) is 6. The molecule has 194 valence electrons. The second-order valence-electron chi connectivity index (χ2n) is 10.4. The zero-order valence-electron chi connectivity index (χ0n) is 21.0. The first-order chi connectivity index (χ1) is 17.4. The SMILES string of the molecule is CN[C@@H](C)C(=O)N[C@H]1CCSCC2CC3(CC=CC3)[C@@H](C(=O)N[C@@H]3CCOc4ccccc43)N2C1=O. The molecule has 1 aromatic rings. The van der Waals surface area contributed by atoms with E-state index in [0.29, 0.717) is 19.4 Å². The average Bonchev–Trinajstić information content (AvgIpc) is 3.48. The van der Waals surface area contributed by atoms with Crippen molar-refractivity contribution in [3.8, 4) is 5.75 Å². The summed E-state index contributed by atoms with van der Waals surface area (Å²) in [7, 11) is 1.72. The molecule has 1 spiro atoms. The summed E-state index contributed by atoms with van der Waals surface area (Å²) in [6.07, 6.45) is 7.92. The molecule has 8 nitrogen and oxygen atoms in total. The lowest BCUT2D eigenvalue weighted by Crippen LogP contribution is -2.60. The molecule has 1 aromatic carbocycles. The smallest absolute Gasteiger partial charge is 0.246 e. The van der Waals surface area contributed by atoms with E-state index < -0.39 is 18.1 Å². The van der Waals surface area contributed by atoms with Gasteiger partial charge in [-0.1, -0.05) is 30.4 Å². The van der Waals surface area contributed by atoms with Crippen LogP contribution in [0.2, 0.25) is 0 Å². The van der Waals surface area contributed by atoms with Gasteiger partial charge in [0.15, 0.2) is 0 Å². The van der Waals surface area contributed by atoms with Gasteiger partial charge in [-0.3, -0.25) is 14.4 Å². The largest absolute Gasteiger partial charge is 0.493 e. The summed E-state index contributed by atoms with van der Waals surface area (Å²) >= 11 is 1.81. The number of para-hydroxylation sites is 1. The van der Waals surface area contributed by atoms with Crippen LogP contribution in [0.1, 0.15) is 50.6 Å². The van der Waals surface area contributed by atoms with Crippen LogP contribution in [0.4, 0.5) is 0 Å². The monoisotopic (exact) mass is 512 g/mol. The number of carbonyl (C=O) groups excluding carboxylic acids is 3. The second kappa shape index (κ2) is 10.5. The van der Waals surface area contributed by atoms with Crippen molar-refractivity contribution < 1.29 is 19.1 Å². The number of thioether (sulfide) groups is 1. The molecule has 9 heteroatoms. The lowest BCUT2D eigenvalue weighted by Gasteiger charge is -2.39. The lowest BCUT2D eigenvalue weighted by atomic mass is 9.76. The molecule has 1 unspecified atom stereocenters. The molecule has 36 heavy (non-hydrogen) atoms. The molecule has 0 radical (unpaired) electrons. The van der Waals surface area contributed by atoms with Gasteiger partial charge < -0.3 is 25.6 Å². The molecule has 0 aromatic heterocycles. The van der Waals surface area contributed by atoms with E-state index in [1.54, 1.807) is 25.7 Å². The summed E-state index contributed by atoms with van der Waals surface area (Å²) in [5.74, 6) is 1.98. The van der Waals surface area contributed by atoms with E-state index in [-0.39, 0.29) is 35.2 Å². The highest BCUT2D eigenvalue weighted by Gasteiger charge is 2.58. The van der Waals surface area contributed by atoms with Gasteiger partial charge in [0.2, 0.25) is 17.7 Å². The first-order valence-corrected chi connectivity index (χ1v) is 14.1. The number of amides is 3. The van der Waals surface area contributed by atoms with Crippen LogP contribution in [0.15, 0.2) is 36.4 Å². The lowest BCUT2D eigenvalue weighted by molar-refractivity contribution is -0.145. The van der Waals surface area contributed by atoms with Gasteiger partial charge >= 0.3 is 0 Å².